The number of hydrogen-bond donors (Lipinski definition) is 4. The second kappa shape index (κ2) is 21.5. The van der Waals surface area contributed by atoms with Gasteiger partial charge in [-0.3, -0.25) is 24.7 Å². The van der Waals surface area contributed by atoms with Crippen LogP contribution >= 0.6 is 0 Å². The normalized spacial score (nSPS) is 25.8. The molecule has 84 heavy (non-hydrogen) atoms. The number of H-pyrrole nitrogens is 1. The number of nitro groups is 1. The predicted molar refractivity (Wildman–Crippen MR) is 319 cm³/mol. The van der Waals surface area contributed by atoms with Gasteiger partial charge in [0, 0.05) is 88.0 Å². The number of anilines is 4. The molecular weight excluding hydrogens is 1090 g/mol. The number of benzene rings is 3. The van der Waals surface area contributed by atoms with Crippen LogP contribution in [0.25, 0.3) is 11.0 Å². The van der Waals surface area contributed by atoms with E-state index in [2.05, 4.69) is 77.7 Å². The largest absolute Gasteiger partial charge is 0.491 e. The highest BCUT2D eigenvalue weighted by molar-refractivity contribution is 7.90. The average molecular weight is 1170 g/mol. The Morgan fingerprint density at radius 3 is 2.46 bits per heavy atom. The highest BCUT2D eigenvalue weighted by Crippen LogP contribution is 2.59. The molecule has 0 bridgehead atoms. The molecule has 2 spiro atoms. The van der Waals surface area contributed by atoms with E-state index in [0.29, 0.717) is 79.6 Å². The van der Waals surface area contributed by atoms with Gasteiger partial charge < -0.3 is 44.2 Å². The van der Waals surface area contributed by atoms with Gasteiger partial charge in [-0.2, -0.15) is 4.98 Å². The molecule has 0 radical (unpaired) electrons. The molecular formula is C63H76N10O10S. The quantitative estimate of drug-likeness (QED) is 0.0588. The van der Waals surface area contributed by atoms with Crippen molar-refractivity contribution in [3.05, 3.63) is 124 Å². The number of aromatic nitrogens is 3. The minimum Gasteiger partial charge on any atom is -0.491 e. The number of nitro benzene ring substituents is 1. The Hall–Kier alpha value is -7.04. The zero-order chi connectivity index (χ0) is 58.3. The van der Waals surface area contributed by atoms with Crippen LogP contribution in [0.5, 0.6) is 17.5 Å². The number of carbonyl (C=O) groups excluding carboxylic acids is 1. The van der Waals surface area contributed by atoms with Crippen LogP contribution in [0.3, 0.4) is 0 Å². The lowest BCUT2D eigenvalue weighted by atomic mass is 9.59. The summed E-state index contributed by atoms with van der Waals surface area (Å²) >= 11 is 0. The topological polar surface area (TPSA) is 230 Å². The number of nitrogens with zero attached hydrogens (tertiary/aromatic N) is 7. The van der Waals surface area contributed by atoms with Crippen molar-refractivity contribution in [1.82, 2.24) is 29.5 Å². The fraction of sp³-hybridized carbons (Fsp3) is 0.508. The van der Waals surface area contributed by atoms with E-state index in [0.717, 1.165) is 107 Å². The minimum absolute atomic E-state index is 0.00655. The summed E-state index contributed by atoms with van der Waals surface area (Å²) in [5.74, 6) is 0.779. The number of pyridine rings is 2. The smallest absolute Gasteiger partial charge is 0.293 e. The van der Waals surface area contributed by atoms with Crippen LogP contribution in [0, 0.1) is 21.4 Å². The maximum atomic E-state index is 14.9. The molecule has 20 nitrogen and oxygen atoms in total. The highest BCUT2D eigenvalue weighted by Gasteiger charge is 2.59. The fourth-order valence-electron chi connectivity index (χ4n) is 15.4. The van der Waals surface area contributed by atoms with Gasteiger partial charge in [-0.25, -0.2) is 18.1 Å². The summed E-state index contributed by atoms with van der Waals surface area (Å²) in [6.45, 7) is 13.0. The first-order chi connectivity index (χ1) is 40.3. The van der Waals surface area contributed by atoms with Gasteiger partial charge in [0.05, 0.1) is 59.1 Å². The number of ether oxygens (including phenoxy) is 4. The van der Waals surface area contributed by atoms with Crippen molar-refractivity contribution in [3.63, 3.8) is 0 Å². The van der Waals surface area contributed by atoms with E-state index in [-0.39, 0.29) is 39.6 Å². The van der Waals surface area contributed by atoms with Crippen LogP contribution in [-0.4, -0.2) is 140 Å². The molecule has 7 heterocycles. The highest BCUT2D eigenvalue weighted by atomic mass is 32.2. The number of hydrogen-bond acceptors (Lipinski definition) is 17. The molecule has 2 saturated carbocycles. The van der Waals surface area contributed by atoms with E-state index >= 15 is 0 Å². The number of methoxy groups -OCH3 is 2. The van der Waals surface area contributed by atoms with E-state index in [1.54, 1.807) is 20.3 Å². The summed E-state index contributed by atoms with van der Waals surface area (Å²) in [6.07, 6.45) is 11.9. The number of piperazine rings is 1. The van der Waals surface area contributed by atoms with Crippen molar-refractivity contribution >= 4 is 55.4 Å². The Kier molecular flexibility index (Phi) is 14.3. The van der Waals surface area contributed by atoms with Crippen molar-refractivity contribution in [2.45, 2.75) is 131 Å². The third-order valence-corrected chi connectivity index (χ3v) is 21.1. The zero-order valence-corrected chi connectivity index (χ0v) is 49.4. The van der Waals surface area contributed by atoms with Gasteiger partial charge in [-0.05, 0) is 153 Å². The molecule has 3 aliphatic carbocycles. The molecule has 1 amide bonds. The van der Waals surface area contributed by atoms with E-state index in [4.69, 9.17) is 23.9 Å². The number of carbonyl (C=O) groups is 1. The lowest BCUT2D eigenvalue weighted by Crippen LogP contribution is -2.66. The first kappa shape index (κ1) is 56.1. The van der Waals surface area contributed by atoms with E-state index in [1.807, 2.05) is 49.6 Å². The number of piperidine rings is 1. The van der Waals surface area contributed by atoms with Gasteiger partial charge in [-0.15, -0.1) is 0 Å². The predicted octanol–water partition coefficient (Wildman–Crippen LogP) is 9.19. The maximum Gasteiger partial charge on any atom is 0.293 e. The summed E-state index contributed by atoms with van der Waals surface area (Å²) in [5, 5.41) is 26.9. The Morgan fingerprint density at radius 2 is 1.70 bits per heavy atom. The number of aliphatic hydroxyl groups is 1. The van der Waals surface area contributed by atoms with Crippen molar-refractivity contribution in [2.24, 2.45) is 11.3 Å². The van der Waals surface area contributed by atoms with Crippen molar-refractivity contribution in [3.8, 4) is 17.5 Å². The molecule has 444 valence electrons. The molecule has 4 aliphatic heterocycles. The average Bonchev–Trinajstić information content (AvgIpc) is 1.60. The molecule has 13 rings (SSSR count). The van der Waals surface area contributed by atoms with E-state index in [9.17, 15) is 28.4 Å². The third kappa shape index (κ3) is 10.3. The fourth-order valence-corrected chi connectivity index (χ4v) is 16.4. The SMILES string of the molecule is COc1cc(CN2CCN(C3CC4(CCN(c5ccc(C(=O)NS(=O)(=O)c6ccc(NCC7CCC(C)(O)CC7)c([N+](=O)[O-])c6)c(N6c7cc8cc[nH]c8nc7O[C@H]7COCC[C@@H]76)c5)CC4)C3)[C@]3(C2)CC(C)(C)c2ccccc23)cnc1OC. The van der Waals surface area contributed by atoms with Crippen LogP contribution in [0.1, 0.15) is 112 Å². The molecule has 3 atom stereocenters. The Labute approximate surface area is 490 Å². The third-order valence-electron chi connectivity index (χ3n) is 19.8. The first-order valence-corrected chi connectivity index (χ1v) is 31.2. The van der Waals surface area contributed by atoms with Crippen LogP contribution in [0.15, 0.2) is 96.2 Å². The summed E-state index contributed by atoms with van der Waals surface area (Å²) in [4.78, 5) is 48.9. The van der Waals surface area contributed by atoms with Gasteiger partial charge in [0.25, 0.3) is 27.5 Å². The summed E-state index contributed by atoms with van der Waals surface area (Å²) in [7, 11) is -1.39. The lowest BCUT2D eigenvalue weighted by molar-refractivity contribution is -0.384. The van der Waals surface area contributed by atoms with Gasteiger partial charge in [0.2, 0.25) is 5.88 Å². The number of amides is 1. The zero-order valence-electron chi connectivity index (χ0n) is 48.6. The molecule has 3 aromatic heterocycles. The van der Waals surface area contributed by atoms with Gasteiger partial charge >= 0.3 is 0 Å². The molecule has 21 heteroatoms. The Balaban J connectivity index is 0.764. The second-order valence-corrected chi connectivity index (χ2v) is 27.4. The second-order valence-electron chi connectivity index (χ2n) is 25.7. The van der Waals surface area contributed by atoms with E-state index < -0.39 is 43.1 Å². The molecule has 5 fully saturated rings. The standard InChI is InChI=1S/C63H76N10O10S/c1-60(2)38-63(48-9-7-6-8-47(48)60)39-69(36-41-28-54(80-4)59(81-5)66-35-41)25-26-71(63)44-32-62(33-44)20-23-70(24-21-62)43-10-12-46(51(30-43)72-50-17-27-82-37-55(50)83-58-53(72)29-42-16-22-64-56(42)67-58)57(74)68-84(78,79)45-11-13-49(52(31-45)73(76)77)65-34-40-14-18-61(3,75)19-15-40/h6-13,16,22,28-31,35,40,44,50,55,65,75H,14-15,17-21,23-27,32-34,36-39H2,1-5H3,(H,64,67)(H,68,74)/t40?,50-,55-,61?,63-/m0/s1. The Morgan fingerprint density at radius 1 is 0.917 bits per heavy atom. The van der Waals surface area contributed by atoms with Crippen molar-refractivity contribution in [2.75, 3.05) is 81.8 Å². The Bertz CT molecular complexity index is 3620. The van der Waals surface area contributed by atoms with Gasteiger partial charge in [0.1, 0.15) is 23.1 Å². The molecule has 3 aromatic carbocycles. The molecule has 6 aromatic rings. The lowest BCUT2D eigenvalue weighted by Gasteiger charge is -2.61. The number of sulfonamides is 1. The van der Waals surface area contributed by atoms with Gasteiger partial charge in [-0.1, -0.05) is 38.1 Å². The monoisotopic (exact) mass is 1160 g/mol. The van der Waals surface area contributed by atoms with Crippen LogP contribution < -0.4 is 34.0 Å². The number of fused-ring (bicyclic) bond motifs is 5. The summed E-state index contributed by atoms with van der Waals surface area (Å²) < 4.78 is 54.6. The van der Waals surface area contributed by atoms with Crippen LogP contribution in [0.4, 0.5) is 28.4 Å². The van der Waals surface area contributed by atoms with Crippen molar-refractivity contribution < 1.29 is 42.2 Å². The summed E-state index contributed by atoms with van der Waals surface area (Å²) in [5.41, 5.74) is 5.82. The molecule has 7 aliphatic rings. The molecule has 4 N–H and O–H groups in total. The molecule has 0 unspecified atom stereocenters. The van der Waals surface area contributed by atoms with Crippen LogP contribution in [0.2, 0.25) is 0 Å². The van der Waals surface area contributed by atoms with Gasteiger partial charge in [0.15, 0.2) is 5.75 Å². The maximum absolute atomic E-state index is 14.9. The van der Waals surface area contributed by atoms with Crippen molar-refractivity contribution in [1.29, 1.82) is 0 Å². The molecule has 3 saturated heterocycles. The van der Waals surface area contributed by atoms with E-state index in [1.165, 1.54) is 23.3 Å². The summed E-state index contributed by atoms with van der Waals surface area (Å²) in [6, 6.07) is 24.5. The first-order valence-electron chi connectivity index (χ1n) is 29.7. The number of rotatable bonds is 14. The minimum atomic E-state index is -4.65. The number of aromatic amines is 1. The van der Waals surface area contributed by atoms with Crippen LogP contribution in [-0.2, 0) is 32.3 Å². The number of nitrogens with one attached hydrogen (secondary N) is 3.